The first-order valence-corrected chi connectivity index (χ1v) is 6.55. The van der Waals surface area contributed by atoms with E-state index in [0.717, 1.165) is 6.07 Å². The largest absolute Gasteiger partial charge is 0.418 e. The first-order chi connectivity index (χ1) is 9.36. The second-order valence-electron chi connectivity index (χ2n) is 4.14. The minimum atomic E-state index is -4.41. The Balaban J connectivity index is 2.21. The van der Waals surface area contributed by atoms with E-state index >= 15 is 0 Å². The molecule has 7 heteroatoms. The maximum atomic E-state index is 12.9. The molecule has 20 heavy (non-hydrogen) atoms. The van der Waals surface area contributed by atoms with Crippen LogP contribution in [0.5, 0.6) is 0 Å². The molecular weight excluding hydrogens is 335 g/mol. The van der Waals surface area contributed by atoms with Crippen molar-refractivity contribution in [3.05, 3.63) is 52.0 Å². The molecule has 0 fully saturated rings. The molecule has 1 heterocycles. The van der Waals surface area contributed by atoms with Gasteiger partial charge in [0.05, 0.1) is 17.8 Å². The summed E-state index contributed by atoms with van der Waals surface area (Å²) in [6, 6.07) is 5.66. The molecule has 0 radical (unpaired) electrons. The summed E-state index contributed by atoms with van der Waals surface area (Å²) in [4.78, 5) is 8.07. The third-order valence-electron chi connectivity index (χ3n) is 2.58. The van der Waals surface area contributed by atoms with Crippen molar-refractivity contribution in [1.29, 1.82) is 0 Å². The van der Waals surface area contributed by atoms with Crippen LogP contribution in [0.3, 0.4) is 0 Å². The smallest absolute Gasteiger partial charge is 0.379 e. The fourth-order valence-electron chi connectivity index (χ4n) is 1.69. The Morgan fingerprint density at radius 2 is 2.00 bits per heavy atom. The van der Waals surface area contributed by atoms with Crippen molar-refractivity contribution in [3.63, 3.8) is 0 Å². The van der Waals surface area contributed by atoms with E-state index in [1.165, 1.54) is 6.07 Å². The van der Waals surface area contributed by atoms with Crippen LogP contribution >= 0.6 is 15.9 Å². The molecule has 0 saturated carbocycles. The summed E-state index contributed by atoms with van der Waals surface area (Å²) < 4.78 is 39.2. The first kappa shape index (κ1) is 14.8. The molecule has 0 bridgehead atoms. The maximum Gasteiger partial charge on any atom is 0.418 e. The SMILES string of the molecule is Cc1nccc(CNc2ccc(Br)cc2C(F)(F)F)n1. The van der Waals surface area contributed by atoms with Crippen LogP contribution in [0.1, 0.15) is 17.1 Å². The van der Waals surface area contributed by atoms with E-state index < -0.39 is 11.7 Å². The molecule has 0 aliphatic carbocycles. The van der Waals surface area contributed by atoms with Gasteiger partial charge in [0.15, 0.2) is 0 Å². The molecular formula is C13H11BrF3N3. The van der Waals surface area contributed by atoms with Crippen molar-refractivity contribution in [2.24, 2.45) is 0 Å². The van der Waals surface area contributed by atoms with Crippen molar-refractivity contribution < 1.29 is 13.2 Å². The number of aryl methyl sites for hydroxylation is 1. The lowest BCUT2D eigenvalue weighted by molar-refractivity contribution is -0.137. The Morgan fingerprint density at radius 3 is 2.65 bits per heavy atom. The maximum absolute atomic E-state index is 12.9. The predicted molar refractivity (Wildman–Crippen MR) is 73.2 cm³/mol. The monoisotopic (exact) mass is 345 g/mol. The van der Waals surface area contributed by atoms with Gasteiger partial charge in [0.2, 0.25) is 0 Å². The van der Waals surface area contributed by atoms with Crippen LogP contribution in [0, 0.1) is 6.92 Å². The second-order valence-corrected chi connectivity index (χ2v) is 5.05. The van der Waals surface area contributed by atoms with E-state index in [-0.39, 0.29) is 12.2 Å². The normalized spacial score (nSPS) is 11.4. The number of aromatic nitrogens is 2. The molecule has 1 aromatic heterocycles. The Morgan fingerprint density at radius 1 is 1.25 bits per heavy atom. The number of hydrogen-bond donors (Lipinski definition) is 1. The molecule has 106 valence electrons. The van der Waals surface area contributed by atoms with Gasteiger partial charge >= 0.3 is 6.18 Å². The van der Waals surface area contributed by atoms with Crippen LogP contribution in [-0.4, -0.2) is 9.97 Å². The van der Waals surface area contributed by atoms with Crippen LogP contribution < -0.4 is 5.32 Å². The Labute approximate surface area is 122 Å². The van der Waals surface area contributed by atoms with Gasteiger partial charge < -0.3 is 5.32 Å². The Bertz CT molecular complexity index is 614. The van der Waals surface area contributed by atoms with E-state index in [2.05, 4.69) is 31.2 Å². The van der Waals surface area contributed by atoms with Crippen LogP contribution in [0.15, 0.2) is 34.9 Å². The summed E-state index contributed by atoms with van der Waals surface area (Å²) in [5, 5.41) is 2.76. The highest BCUT2D eigenvalue weighted by Gasteiger charge is 2.33. The van der Waals surface area contributed by atoms with Crippen molar-refractivity contribution in [1.82, 2.24) is 9.97 Å². The third-order valence-corrected chi connectivity index (χ3v) is 3.07. The molecule has 0 aliphatic rings. The van der Waals surface area contributed by atoms with Crippen LogP contribution in [-0.2, 0) is 12.7 Å². The number of hydrogen-bond acceptors (Lipinski definition) is 3. The highest BCUT2D eigenvalue weighted by atomic mass is 79.9. The molecule has 0 spiro atoms. The standard InChI is InChI=1S/C13H11BrF3N3/c1-8-18-5-4-10(20-8)7-19-12-3-2-9(14)6-11(12)13(15,16)17/h2-6,19H,7H2,1H3. The zero-order chi connectivity index (χ0) is 14.8. The average molecular weight is 346 g/mol. The van der Waals surface area contributed by atoms with Crippen molar-refractivity contribution >= 4 is 21.6 Å². The number of anilines is 1. The van der Waals surface area contributed by atoms with Crippen molar-refractivity contribution in [3.8, 4) is 0 Å². The summed E-state index contributed by atoms with van der Waals surface area (Å²) in [7, 11) is 0. The van der Waals surface area contributed by atoms with E-state index in [9.17, 15) is 13.2 Å². The molecule has 0 amide bonds. The molecule has 1 aromatic carbocycles. The molecule has 0 atom stereocenters. The minimum Gasteiger partial charge on any atom is -0.379 e. The average Bonchev–Trinajstić information content (AvgIpc) is 2.36. The molecule has 0 saturated heterocycles. The van der Waals surface area contributed by atoms with Crippen molar-refractivity contribution in [2.75, 3.05) is 5.32 Å². The number of nitrogens with zero attached hydrogens (tertiary/aromatic N) is 2. The molecule has 1 N–H and O–H groups in total. The lowest BCUT2D eigenvalue weighted by atomic mass is 10.1. The predicted octanol–water partition coefficient (Wildman–Crippen LogP) is 4.18. The summed E-state index contributed by atoms with van der Waals surface area (Å²) in [6.07, 6.45) is -2.83. The van der Waals surface area contributed by atoms with E-state index in [1.54, 1.807) is 25.3 Å². The van der Waals surface area contributed by atoms with Crippen molar-refractivity contribution in [2.45, 2.75) is 19.6 Å². The van der Waals surface area contributed by atoms with Crippen LogP contribution in [0.25, 0.3) is 0 Å². The fourth-order valence-corrected chi connectivity index (χ4v) is 2.06. The summed E-state index contributed by atoms with van der Waals surface area (Å²) >= 11 is 3.05. The van der Waals surface area contributed by atoms with Gasteiger partial charge in [0.1, 0.15) is 5.82 Å². The first-order valence-electron chi connectivity index (χ1n) is 5.75. The van der Waals surface area contributed by atoms with Crippen LogP contribution in [0.2, 0.25) is 0 Å². The van der Waals surface area contributed by atoms with E-state index in [4.69, 9.17) is 0 Å². The van der Waals surface area contributed by atoms with Gasteiger partial charge in [-0.15, -0.1) is 0 Å². The van der Waals surface area contributed by atoms with Gasteiger partial charge in [-0.2, -0.15) is 13.2 Å². The summed E-state index contributed by atoms with van der Waals surface area (Å²) in [6.45, 7) is 1.93. The van der Waals surface area contributed by atoms with Gasteiger partial charge in [-0.1, -0.05) is 15.9 Å². The van der Waals surface area contributed by atoms with Gasteiger partial charge in [-0.3, -0.25) is 0 Å². The van der Waals surface area contributed by atoms with Gasteiger partial charge in [0.25, 0.3) is 0 Å². The zero-order valence-electron chi connectivity index (χ0n) is 10.5. The fraction of sp³-hybridized carbons (Fsp3) is 0.231. The molecule has 2 rings (SSSR count). The Kier molecular flexibility index (Phi) is 4.27. The number of benzene rings is 1. The summed E-state index contributed by atoms with van der Waals surface area (Å²) in [5.41, 5.74) is -0.0526. The molecule has 2 aromatic rings. The third kappa shape index (κ3) is 3.69. The molecule has 0 unspecified atom stereocenters. The second kappa shape index (κ2) is 5.78. The zero-order valence-corrected chi connectivity index (χ0v) is 12.1. The lowest BCUT2D eigenvalue weighted by Gasteiger charge is -2.14. The molecule has 3 nitrogen and oxygen atoms in total. The highest BCUT2D eigenvalue weighted by molar-refractivity contribution is 9.10. The van der Waals surface area contributed by atoms with E-state index in [1.807, 2.05) is 0 Å². The lowest BCUT2D eigenvalue weighted by Crippen LogP contribution is -2.11. The number of nitrogens with one attached hydrogen (secondary N) is 1. The summed E-state index contributed by atoms with van der Waals surface area (Å²) in [5.74, 6) is 0.580. The number of rotatable bonds is 3. The van der Waals surface area contributed by atoms with Gasteiger partial charge in [-0.25, -0.2) is 9.97 Å². The highest BCUT2D eigenvalue weighted by Crippen LogP contribution is 2.36. The number of alkyl halides is 3. The number of halogens is 4. The van der Waals surface area contributed by atoms with Crippen LogP contribution in [0.4, 0.5) is 18.9 Å². The molecule has 0 aliphatic heterocycles. The minimum absolute atomic E-state index is 0.0250. The quantitative estimate of drug-likeness (QED) is 0.906. The van der Waals surface area contributed by atoms with Gasteiger partial charge in [0, 0.05) is 16.4 Å². The van der Waals surface area contributed by atoms with Gasteiger partial charge in [-0.05, 0) is 31.2 Å². The van der Waals surface area contributed by atoms with E-state index in [0.29, 0.717) is 16.0 Å². The topological polar surface area (TPSA) is 37.8 Å². The Hall–Kier alpha value is -1.63.